The molecule has 0 bridgehead atoms. The third-order valence-electron chi connectivity index (χ3n) is 3.55. The van der Waals surface area contributed by atoms with Crippen LogP contribution in [0, 0.1) is 12.8 Å². The van der Waals surface area contributed by atoms with Crippen LogP contribution in [0.15, 0.2) is 17.0 Å². The van der Waals surface area contributed by atoms with E-state index in [0.29, 0.717) is 11.5 Å². The van der Waals surface area contributed by atoms with Gasteiger partial charge < -0.3 is 5.32 Å². The van der Waals surface area contributed by atoms with Gasteiger partial charge in [-0.15, -0.1) is 0 Å². The molecule has 2 rings (SSSR count). The van der Waals surface area contributed by atoms with Gasteiger partial charge in [-0.3, -0.25) is 4.79 Å². The van der Waals surface area contributed by atoms with E-state index in [1.807, 2.05) is 0 Å². The highest BCUT2D eigenvalue weighted by Gasteiger charge is 2.28. The molecule has 0 heterocycles. The molecule has 0 aliphatic heterocycles. The fourth-order valence-corrected chi connectivity index (χ4v) is 3.38. The molecule has 1 amide bonds. The molecule has 0 saturated heterocycles. The summed E-state index contributed by atoms with van der Waals surface area (Å²) >= 11 is 5.97. The van der Waals surface area contributed by atoms with E-state index >= 15 is 0 Å². The van der Waals surface area contributed by atoms with Crippen LogP contribution in [0.5, 0.6) is 0 Å². The molecule has 1 fully saturated rings. The number of hydrogen-bond acceptors (Lipinski definition) is 3. The number of hydrogen-bond donors (Lipinski definition) is 1. The van der Waals surface area contributed by atoms with E-state index in [-0.39, 0.29) is 27.4 Å². The first-order chi connectivity index (χ1) is 9.18. The molecule has 110 valence electrons. The van der Waals surface area contributed by atoms with Gasteiger partial charge in [-0.05, 0) is 43.4 Å². The average molecular weight is 336 g/mol. The van der Waals surface area contributed by atoms with Crippen LogP contribution >= 0.6 is 22.3 Å². The Morgan fingerprint density at radius 1 is 1.35 bits per heavy atom. The van der Waals surface area contributed by atoms with Crippen LogP contribution in [0.1, 0.15) is 35.7 Å². The average Bonchev–Trinajstić information content (AvgIpc) is 2.28. The Labute approximate surface area is 127 Å². The van der Waals surface area contributed by atoms with Crippen molar-refractivity contribution in [2.75, 3.05) is 0 Å². The van der Waals surface area contributed by atoms with Crippen molar-refractivity contribution in [3.05, 3.63) is 28.3 Å². The van der Waals surface area contributed by atoms with E-state index < -0.39 is 9.05 Å². The fourth-order valence-electron chi connectivity index (χ4n) is 2.31. The van der Waals surface area contributed by atoms with Gasteiger partial charge in [-0.1, -0.05) is 18.5 Å². The van der Waals surface area contributed by atoms with Gasteiger partial charge >= 0.3 is 0 Å². The highest BCUT2D eigenvalue weighted by Crippen LogP contribution is 2.29. The van der Waals surface area contributed by atoms with Crippen molar-refractivity contribution in [2.24, 2.45) is 5.92 Å². The molecule has 1 aromatic rings. The maximum absolute atomic E-state index is 12.2. The van der Waals surface area contributed by atoms with Crippen molar-refractivity contribution in [3.8, 4) is 0 Å². The van der Waals surface area contributed by atoms with E-state index in [9.17, 15) is 13.2 Å². The molecule has 0 spiro atoms. The third kappa shape index (κ3) is 3.27. The molecule has 1 aliphatic carbocycles. The van der Waals surface area contributed by atoms with E-state index in [0.717, 1.165) is 12.8 Å². The highest BCUT2D eigenvalue weighted by molar-refractivity contribution is 8.13. The second kappa shape index (κ2) is 5.54. The third-order valence-corrected chi connectivity index (χ3v) is 5.28. The molecule has 0 radical (unpaired) electrons. The molecule has 1 aromatic carbocycles. The van der Waals surface area contributed by atoms with E-state index in [1.165, 1.54) is 12.1 Å². The van der Waals surface area contributed by atoms with Crippen LogP contribution in [-0.2, 0) is 9.05 Å². The molecule has 0 atom stereocenters. The van der Waals surface area contributed by atoms with Crippen molar-refractivity contribution in [1.82, 2.24) is 5.32 Å². The number of halogens is 2. The van der Waals surface area contributed by atoms with Crippen LogP contribution < -0.4 is 5.32 Å². The molecule has 4 nitrogen and oxygen atoms in total. The summed E-state index contributed by atoms with van der Waals surface area (Å²) in [5.41, 5.74) is 0.789. The number of carbonyl (C=O) groups is 1. The zero-order chi connectivity index (χ0) is 15.1. The van der Waals surface area contributed by atoms with Gasteiger partial charge in [0, 0.05) is 27.3 Å². The minimum Gasteiger partial charge on any atom is -0.349 e. The van der Waals surface area contributed by atoms with Crippen molar-refractivity contribution in [2.45, 2.75) is 37.6 Å². The Hall–Kier alpha value is -0.780. The van der Waals surface area contributed by atoms with E-state index in [1.54, 1.807) is 6.92 Å². The standard InChI is InChI=1S/C13H15Cl2NO3S/c1-7-3-9(4-7)16-13(17)11-5-10(20(15,18)19)6-12(14)8(11)2/h5-7,9H,3-4H2,1-2H3,(H,16,17). The maximum Gasteiger partial charge on any atom is 0.261 e. The molecule has 20 heavy (non-hydrogen) atoms. The topological polar surface area (TPSA) is 63.2 Å². The predicted octanol–water partition coefficient (Wildman–Crippen LogP) is 3.10. The highest BCUT2D eigenvalue weighted by atomic mass is 35.7. The van der Waals surface area contributed by atoms with Crippen LogP contribution in [0.3, 0.4) is 0 Å². The van der Waals surface area contributed by atoms with Crippen LogP contribution in [0.25, 0.3) is 0 Å². The largest absolute Gasteiger partial charge is 0.349 e. The molecular formula is C13H15Cl2NO3S. The number of carbonyl (C=O) groups excluding carboxylic acids is 1. The monoisotopic (exact) mass is 335 g/mol. The summed E-state index contributed by atoms with van der Waals surface area (Å²) in [5, 5.41) is 3.08. The second-order valence-corrected chi connectivity index (χ2v) is 8.24. The Morgan fingerprint density at radius 3 is 2.45 bits per heavy atom. The van der Waals surface area contributed by atoms with Crippen molar-refractivity contribution in [1.29, 1.82) is 0 Å². The van der Waals surface area contributed by atoms with Gasteiger partial charge in [0.2, 0.25) is 0 Å². The first-order valence-electron chi connectivity index (χ1n) is 6.24. The molecular weight excluding hydrogens is 321 g/mol. The Bertz CT molecular complexity index is 652. The molecule has 1 saturated carbocycles. The number of nitrogens with one attached hydrogen (secondary N) is 1. The molecule has 7 heteroatoms. The lowest BCUT2D eigenvalue weighted by molar-refractivity contribution is 0.0895. The van der Waals surface area contributed by atoms with Gasteiger partial charge in [-0.25, -0.2) is 8.42 Å². The molecule has 0 unspecified atom stereocenters. The van der Waals surface area contributed by atoms with Crippen LogP contribution in [0.4, 0.5) is 0 Å². The first kappa shape index (κ1) is 15.6. The smallest absolute Gasteiger partial charge is 0.261 e. The van der Waals surface area contributed by atoms with Gasteiger partial charge in [-0.2, -0.15) is 0 Å². The lowest BCUT2D eigenvalue weighted by Crippen LogP contribution is -2.43. The second-order valence-electron chi connectivity index (χ2n) is 5.26. The van der Waals surface area contributed by atoms with Crippen molar-refractivity contribution < 1.29 is 13.2 Å². The number of benzene rings is 1. The Morgan fingerprint density at radius 2 is 1.95 bits per heavy atom. The summed E-state index contributed by atoms with van der Waals surface area (Å²) < 4.78 is 22.8. The maximum atomic E-state index is 12.2. The van der Waals surface area contributed by atoms with Gasteiger partial charge in [0.1, 0.15) is 0 Å². The molecule has 0 aromatic heterocycles. The zero-order valence-corrected chi connectivity index (χ0v) is 13.4. The summed E-state index contributed by atoms with van der Waals surface area (Å²) in [7, 11) is 1.39. The summed E-state index contributed by atoms with van der Waals surface area (Å²) in [4.78, 5) is 12.0. The van der Waals surface area contributed by atoms with E-state index in [2.05, 4.69) is 12.2 Å². The zero-order valence-electron chi connectivity index (χ0n) is 11.1. The van der Waals surface area contributed by atoms with Gasteiger partial charge in [0.05, 0.1) is 4.90 Å². The lowest BCUT2D eigenvalue weighted by Gasteiger charge is -2.33. The first-order valence-corrected chi connectivity index (χ1v) is 8.93. The lowest BCUT2D eigenvalue weighted by atomic mass is 9.82. The SMILES string of the molecule is Cc1c(Cl)cc(S(=O)(=O)Cl)cc1C(=O)NC1CC(C)C1. The minimum atomic E-state index is -3.92. The number of amides is 1. The van der Waals surface area contributed by atoms with Crippen molar-refractivity contribution in [3.63, 3.8) is 0 Å². The number of rotatable bonds is 3. The fraction of sp³-hybridized carbons (Fsp3) is 0.462. The van der Waals surface area contributed by atoms with Gasteiger partial charge in [0.15, 0.2) is 0 Å². The molecule has 1 aliphatic rings. The summed E-state index contributed by atoms with van der Waals surface area (Å²) in [6, 6.07) is 2.66. The molecule has 1 N–H and O–H groups in total. The Kier molecular flexibility index (Phi) is 4.33. The quantitative estimate of drug-likeness (QED) is 0.863. The predicted molar refractivity (Wildman–Crippen MR) is 78.9 cm³/mol. The van der Waals surface area contributed by atoms with Crippen LogP contribution in [-0.4, -0.2) is 20.4 Å². The summed E-state index contributed by atoms with van der Waals surface area (Å²) in [5.74, 6) is 0.294. The van der Waals surface area contributed by atoms with E-state index in [4.69, 9.17) is 22.3 Å². The summed E-state index contributed by atoms with van der Waals surface area (Å²) in [6.45, 7) is 3.79. The minimum absolute atomic E-state index is 0.145. The Balaban J connectivity index is 2.30. The normalized spacial score (nSPS) is 22.2. The summed E-state index contributed by atoms with van der Waals surface area (Å²) in [6.07, 6.45) is 1.87. The van der Waals surface area contributed by atoms with Crippen molar-refractivity contribution >= 4 is 37.2 Å². The van der Waals surface area contributed by atoms with Crippen LogP contribution in [0.2, 0.25) is 5.02 Å². The van der Waals surface area contributed by atoms with Gasteiger partial charge in [0.25, 0.3) is 15.0 Å².